The van der Waals surface area contributed by atoms with E-state index in [2.05, 4.69) is 6.08 Å². The fraction of sp³-hybridized carbons (Fsp3) is 0.857. The average molecular weight is 210 g/mol. The van der Waals surface area contributed by atoms with E-state index >= 15 is 0 Å². The molecule has 0 aromatic carbocycles. The second-order valence-corrected chi connectivity index (χ2v) is 4.81. The first kappa shape index (κ1) is 12.8. The fourth-order valence-electron chi connectivity index (χ4n) is 2.49. The van der Waals surface area contributed by atoms with Crippen molar-refractivity contribution >= 4 is 0 Å². The van der Waals surface area contributed by atoms with Gasteiger partial charge in [0, 0.05) is 0 Å². The fourth-order valence-corrected chi connectivity index (χ4v) is 2.49. The number of hydrogen-bond donors (Lipinski definition) is 1. The van der Waals surface area contributed by atoms with Gasteiger partial charge in [-0.25, -0.2) is 0 Å². The zero-order valence-electron chi connectivity index (χ0n) is 9.96. The molecule has 1 heteroatoms. The third-order valence-corrected chi connectivity index (χ3v) is 3.47. The predicted molar refractivity (Wildman–Crippen MR) is 65.9 cm³/mol. The summed E-state index contributed by atoms with van der Waals surface area (Å²) in [5.74, 6) is 0.880. The Labute approximate surface area is 94.6 Å². The molecule has 1 N–H and O–H groups in total. The van der Waals surface area contributed by atoms with E-state index in [1.807, 2.05) is 6.08 Å². The molecule has 1 rings (SSSR count). The Balaban J connectivity index is 2.22. The third kappa shape index (κ3) is 6.72. The van der Waals surface area contributed by atoms with E-state index < -0.39 is 0 Å². The molecule has 0 heterocycles. The van der Waals surface area contributed by atoms with Crippen LogP contribution in [0.1, 0.15) is 64.2 Å². The second-order valence-electron chi connectivity index (χ2n) is 4.81. The van der Waals surface area contributed by atoms with Gasteiger partial charge in [-0.1, -0.05) is 69.9 Å². The van der Waals surface area contributed by atoms with E-state index in [9.17, 15) is 0 Å². The van der Waals surface area contributed by atoms with Gasteiger partial charge in [-0.15, -0.1) is 0 Å². The summed E-state index contributed by atoms with van der Waals surface area (Å²) >= 11 is 0. The zero-order chi connectivity index (χ0) is 10.8. The molecule has 1 nitrogen and oxygen atoms in total. The van der Waals surface area contributed by atoms with Crippen LogP contribution in [0.4, 0.5) is 0 Å². The molecule has 0 atom stereocenters. The number of rotatable bonds is 3. The number of aliphatic hydroxyl groups is 1. The molecule has 0 amide bonds. The summed E-state index contributed by atoms with van der Waals surface area (Å²) in [6.07, 6.45) is 18.1. The first-order valence-corrected chi connectivity index (χ1v) is 6.69. The maximum Gasteiger partial charge on any atom is 0.0612 e. The maximum atomic E-state index is 8.69. The molecule has 0 saturated heterocycles. The molecular formula is C14H26O. The van der Waals surface area contributed by atoms with Crippen LogP contribution in [0.15, 0.2) is 12.2 Å². The van der Waals surface area contributed by atoms with Crippen molar-refractivity contribution in [3.05, 3.63) is 12.2 Å². The zero-order valence-corrected chi connectivity index (χ0v) is 9.96. The summed E-state index contributed by atoms with van der Waals surface area (Å²) in [7, 11) is 0. The van der Waals surface area contributed by atoms with Gasteiger partial charge in [-0.3, -0.25) is 0 Å². The third-order valence-electron chi connectivity index (χ3n) is 3.47. The Bertz CT molecular complexity index is 153. The van der Waals surface area contributed by atoms with E-state index in [1.165, 1.54) is 64.2 Å². The van der Waals surface area contributed by atoms with Crippen molar-refractivity contribution in [2.75, 3.05) is 6.61 Å². The lowest BCUT2D eigenvalue weighted by Crippen LogP contribution is -2.01. The van der Waals surface area contributed by atoms with E-state index in [0.29, 0.717) is 0 Å². The minimum atomic E-state index is 0.201. The van der Waals surface area contributed by atoms with Crippen molar-refractivity contribution in [1.82, 2.24) is 0 Å². The molecule has 1 saturated carbocycles. The molecule has 0 aromatic rings. The lowest BCUT2D eigenvalue weighted by Gasteiger charge is -2.16. The highest BCUT2D eigenvalue weighted by Gasteiger charge is 2.08. The van der Waals surface area contributed by atoms with Gasteiger partial charge >= 0.3 is 0 Å². The first-order valence-electron chi connectivity index (χ1n) is 6.69. The van der Waals surface area contributed by atoms with Gasteiger partial charge in [0.15, 0.2) is 0 Å². The maximum absolute atomic E-state index is 8.69. The van der Waals surface area contributed by atoms with Crippen LogP contribution in [-0.2, 0) is 0 Å². The first-order chi connectivity index (χ1) is 7.43. The van der Waals surface area contributed by atoms with Crippen LogP contribution < -0.4 is 0 Å². The number of allylic oxidation sites excluding steroid dienone is 1. The van der Waals surface area contributed by atoms with Crippen molar-refractivity contribution in [2.24, 2.45) is 5.92 Å². The predicted octanol–water partition coefficient (Wildman–Crippen LogP) is 4.07. The van der Waals surface area contributed by atoms with Crippen molar-refractivity contribution in [1.29, 1.82) is 0 Å². The molecule has 1 aliphatic rings. The van der Waals surface area contributed by atoms with Gasteiger partial charge in [0.25, 0.3) is 0 Å². The molecular weight excluding hydrogens is 184 g/mol. The molecule has 15 heavy (non-hydrogen) atoms. The summed E-state index contributed by atoms with van der Waals surface area (Å²) < 4.78 is 0. The van der Waals surface area contributed by atoms with Gasteiger partial charge in [0.05, 0.1) is 6.61 Å². The molecule has 0 radical (unpaired) electrons. The molecule has 88 valence electrons. The highest BCUT2D eigenvalue weighted by Crippen LogP contribution is 2.24. The van der Waals surface area contributed by atoms with Crippen LogP contribution >= 0.6 is 0 Å². The van der Waals surface area contributed by atoms with E-state index in [1.54, 1.807) is 0 Å². The molecule has 0 aliphatic heterocycles. The standard InChI is InChI=1S/C14H26O/c15-13-9-8-12-14-10-6-4-2-1-3-5-7-11-14/h8-9,14-15H,1-7,10-13H2. The van der Waals surface area contributed by atoms with E-state index in [4.69, 9.17) is 5.11 Å². The molecule has 0 spiro atoms. The van der Waals surface area contributed by atoms with Crippen molar-refractivity contribution in [3.63, 3.8) is 0 Å². The van der Waals surface area contributed by atoms with Crippen LogP contribution in [-0.4, -0.2) is 11.7 Å². The Kier molecular flexibility index (Phi) is 7.63. The van der Waals surface area contributed by atoms with E-state index in [0.717, 1.165) is 5.92 Å². The van der Waals surface area contributed by atoms with Crippen molar-refractivity contribution in [2.45, 2.75) is 64.2 Å². The molecule has 1 aliphatic carbocycles. The smallest absolute Gasteiger partial charge is 0.0612 e. The summed E-state index contributed by atoms with van der Waals surface area (Å²) in [5, 5.41) is 8.69. The summed E-state index contributed by atoms with van der Waals surface area (Å²) in [5.41, 5.74) is 0. The average Bonchev–Trinajstić information content (AvgIpc) is 2.27. The quantitative estimate of drug-likeness (QED) is 0.696. The molecule has 0 bridgehead atoms. The van der Waals surface area contributed by atoms with E-state index in [-0.39, 0.29) is 6.61 Å². The van der Waals surface area contributed by atoms with Crippen LogP contribution in [0.3, 0.4) is 0 Å². The summed E-state index contributed by atoms with van der Waals surface area (Å²) in [6.45, 7) is 0.201. The van der Waals surface area contributed by atoms with Gasteiger partial charge in [-0.2, -0.15) is 0 Å². The monoisotopic (exact) mass is 210 g/mol. The SMILES string of the molecule is OCC=CCC1CCCCCCCCC1. The lowest BCUT2D eigenvalue weighted by atomic mass is 9.90. The largest absolute Gasteiger partial charge is 0.392 e. The van der Waals surface area contributed by atoms with Crippen LogP contribution in [0, 0.1) is 5.92 Å². The Morgan fingerprint density at radius 1 is 0.800 bits per heavy atom. The minimum absolute atomic E-state index is 0.201. The Morgan fingerprint density at radius 3 is 1.87 bits per heavy atom. The van der Waals surface area contributed by atoms with Gasteiger partial charge in [0.1, 0.15) is 0 Å². The number of aliphatic hydroxyl groups excluding tert-OH is 1. The van der Waals surface area contributed by atoms with Crippen LogP contribution in [0.2, 0.25) is 0 Å². The highest BCUT2D eigenvalue weighted by atomic mass is 16.2. The van der Waals surface area contributed by atoms with Crippen LogP contribution in [0.25, 0.3) is 0 Å². The lowest BCUT2D eigenvalue weighted by molar-refractivity contribution is 0.341. The Hall–Kier alpha value is -0.300. The summed E-state index contributed by atoms with van der Waals surface area (Å²) in [6, 6.07) is 0. The molecule has 0 unspecified atom stereocenters. The highest BCUT2D eigenvalue weighted by molar-refractivity contribution is 4.83. The second kappa shape index (κ2) is 8.96. The van der Waals surface area contributed by atoms with Crippen molar-refractivity contribution < 1.29 is 5.11 Å². The normalized spacial score (nSPS) is 21.9. The number of hydrogen-bond acceptors (Lipinski definition) is 1. The summed E-state index contributed by atoms with van der Waals surface area (Å²) in [4.78, 5) is 0. The van der Waals surface area contributed by atoms with Crippen molar-refractivity contribution in [3.8, 4) is 0 Å². The van der Waals surface area contributed by atoms with Gasteiger partial charge in [-0.05, 0) is 12.3 Å². The topological polar surface area (TPSA) is 20.2 Å². The van der Waals surface area contributed by atoms with Crippen LogP contribution in [0.5, 0.6) is 0 Å². The minimum Gasteiger partial charge on any atom is -0.392 e. The molecule has 1 fully saturated rings. The molecule has 0 aromatic heterocycles. The van der Waals surface area contributed by atoms with Gasteiger partial charge in [0.2, 0.25) is 0 Å². The van der Waals surface area contributed by atoms with Gasteiger partial charge < -0.3 is 5.11 Å². The Morgan fingerprint density at radius 2 is 1.33 bits per heavy atom.